The SMILES string of the molecule is Oc1cc(O)c2c(c1)OC(c1ccc(O)c(O)c1)C(O[C@@H]1OC[C@H](O)[C@H](O)[C@H]1O)=C2. The minimum atomic E-state index is -1.57. The number of ether oxygens (including phenoxy) is 3. The molecule has 4 rings (SSSR count). The van der Waals surface area contributed by atoms with E-state index in [-0.39, 0.29) is 40.9 Å². The van der Waals surface area contributed by atoms with Crippen LogP contribution in [0.15, 0.2) is 36.1 Å². The lowest BCUT2D eigenvalue weighted by molar-refractivity contribution is -0.261. The van der Waals surface area contributed by atoms with Crippen molar-refractivity contribution in [2.45, 2.75) is 30.7 Å². The lowest BCUT2D eigenvalue weighted by atomic mass is 10.0. The summed E-state index contributed by atoms with van der Waals surface area (Å²) >= 11 is 0. The Kier molecular flexibility index (Phi) is 5.08. The molecule has 160 valence electrons. The number of hydrogen-bond donors (Lipinski definition) is 7. The first-order valence-corrected chi connectivity index (χ1v) is 9.03. The number of hydrogen-bond acceptors (Lipinski definition) is 10. The van der Waals surface area contributed by atoms with Crippen LogP contribution in [0, 0.1) is 0 Å². The molecule has 2 heterocycles. The van der Waals surface area contributed by atoms with Crippen LogP contribution < -0.4 is 4.74 Å². The van der Waals surface area contributed by atoms with Crippen molar-refractivity contribution in [2.75, 3.05) is 6.61 Å². The number of fused-ring (bicyclic) bond motifs is 1. The Labute approximate surface area is 170 Å². The molecule has 0 bridgehead atoms. The van der Waals surface area contributed by atoms with E-state index in [2.05, 4.69) is 0 Å². The molecule has 7 N–H and O–H groups in total. The third-order valence-electron chi connectivity index (χ3n) is 4.90. The molecule has 0 radical (unpaired) electrons. The van der Waals surface area contributed by atoms with Gasteiger partial charge < -0.3 is 50.0 Å². The third-order valence-corrected chi connectivity index (χ3v) is 4.90. The molecular formula is C20H20O10. The molecule has 0 aromatic heterocycles. The number of aliphatic hydroxyl groups is 3. The van der Waals surface area contributed by atoms with Gasteiger partial charge in [0, 0.05) is 17.7 Å². The van der Waals surface area contributed by atoms with Crippen LogP contribution in [-0.4, -0.2) is 67.0 Å². The second kappa shape index (κ2) is 7.58. The van der Waals surface area contributed by atoms with Gasteiger partial charge in [-0.05, 0) is 18.2 Å². The Hall–Kier alpha value is -3.18. The molecular weight excluding hydrogens is 400 g/mol. The first kappa shape index (κ1) is 20.1. The van der Waals surface area contributed by atoms with Crippen LogP contribution >= 0.6 is 0 Å². The van der Waals surface area contributed by atoms with Gasteiger partial charge >= 0.3 is 0 Å². The van der Waals surface area contributed by atoms with Crippen LogP contribution in [0.4, 0.5) is 0 Å². The zero-order valence-corrected chi connectivity index (χ0v) is 15.4. The van der Waals surface area contributed by atoms with Crippen molar-refractivity contribution < 1.29 is 50.0 Å². The van der Waals surface area contributed by atoms with Gasteiger partial charge in [0.1, 0.15) is 41.3 Å². The maximum absolute atomic E-state index is 10.2. The summed E-state index contributed by atoms with van der Waals surface area (Å²) in [4.78, 5) is 0. The lowest BCUT2D eigenvalue weighted by Crippen LogP contribution is -2.53. The van der Waals surface area contributed by atoms with Gasteiger partial charge in [-0.25, -0.2) is 0 Å². The van der Waals surface area contributed by atoms with E-state index in [9.17, 15) is 35.7 Å². The molecule has 1 unspecified atom stereocenters. The van der Waals surface area contributed by atoms with E-state index in [1.54, 1.807) is 0 Å². The number of rotatable bonds is 3. The quantitative estimate of drug-likeness (QED) is 0.346. The summed E-state index contributed by atoms with van der Waals surface area (Å²) in [7, 11) is 0. The van der Waals surface area contributed by atoms with Crippen LogP contribution in [-0.2, 0) is 9.47 Å². The van der Waals surface area contributed by atoms with Gasteiger partial charge in [0.15, 0.2) is 17.6 Å². The molecule has 1 saturated heterocycles. The van der Waals surface area contributed by atoms with Gasteiger partial charge in [-0.3, -0.25) is 0 Å². The second-order valence-corrected chi connectivity index (χ2v) is 7.04. The van der Waals surface area contributed by atoms with Crippen LogP contribution in [0.3, 0.4) is 0 Å². The average molecular weight is 420 g/mol. The van der Waals surface area contributed by atoms with E-state index in [1.807, 2.05) is 0 Å². The minimum Gasteiger partial charge on any atom is -0.508 e. The third kappa shape index (κ3) is 3.57. The summed E-state index contributed by atoms with van der Waals surface area (Å²) in [5.74, 6) is -1.12. The molecule has 2 aliphatic heterocycles. The first-order chi connectivity index (χ1) is 14.2. The Morgan fingerprint density at radius 2 is 1.63 bits per heavy atom. The summed E-state index contributed by atoms with van der Waals surface area (Å²) in [6.07, 6.45) is -5.33. The van der Waals surface area contributed by atoms with Crippen molar-refractivity contribution in [3.63, 3.8) is 0 Å². The van der Waals surface area contributed by atoms with Crippen molar-refractivity contribution in [3.05, 3.63) is 47.2 Å². The Morgan fingerprint density at radius 1 is 0.867 bits per heavy atom. The predicted octanol–water partition coefficient (Wildman–Crippen LogP) is 0.439. The van der Waals surface area contributed by atoms with E-state index >= 15 is 0 Å². The van der Waals surface area contributed by atoms with E-state index in [0.29, 0.717) is 5.56 Å². The highest BCUT2D eigenvalue weighted by atomic mass is 16.7. The van der Waals surface area contributed by atoms with E-state index in [1.165, 1.54) is 30.3 Å². The highest BCUT2D eigenvalue weighted by Gasteiger charge is 2.41. The molecule has 0 saturated carbocycles. The largest absolute Gasteiger partial charge is 0.508 e. The molecule has 0 spiro atoms. The van der Waals surface area contributed by atoms with E-state index in [4.69, 9.17) is 14.2 Å². The fraction of sp³-hybridized carbons (Fsp3) is 0.300. The monoisotopic (exact) mass is 420 g/mol. The van der Waals surface area contributed by atoms with E-state index < -0.39 is 36.5 Å². The standard InChI is InChI=1S/C20H20O10/c21-9-4-12(23)10-6-16(30-20-18(27)17(26)14(25)7-28-20)19(29-15(10)5-9)8-1-2-11(22)13(24)3-8/h1-6,14,17-27H,7H2/t14-,17-,18+,19?,20-/m0/s1. The summed E-state index contributed by atoms with van der Waals surface area (Å²) in [6.45, 7) is -0.280. The van der Waals surface area contributed by atoms with Crippen LogP contribution in [0.5, 0.6) is 28.7 Å². The van der Waals surface area contributed by atoms with E-state index in [0.717, 1.165) is 6.07 Å². The maximum Gasteiger partial charge on any atom is 0.228 e. The zero-order chi connectivity index (χ0) is 21.6. The Balaban J connectivity index is 1.73. The highest BCUT2D eigenvalue weighted by molar-refractivity contribution is 5.69. The molecule has 1 fully saturated rings. The molecule has 30 heavy (non-hydrogen) atoms. The van der Waals surface area contributed by atoms with Gasteiger partial charge in [0.25, 0.3) is 0 Å². The number of aromatic hydroxyl groups is 4. The van der Waals surface area contributed by atoms with Crippen molar-refractivity contribution in [3.8, 4) is 28.7 Å². The summed E-state index contributed by atoms with van der Waals surface area (Å²) in [5, 5.41) is 69.0. The fourth-order valence-corrected chi connectivity index (χ4v) is 3.29. The maximum atomic E-state index is 10.2. The van der Waals surface area contributed by atoms with Gasteiger partial charge in [-0.15, -0.1) is 0 Å². The minimum absolute atomic E-state index is 0.0428. The molecule has 10 heteroatoms. The summed E-state index contributed by atoms with van der Waals surface area (Å²) < 4.78 is 16.8. The highest BCUT2D eigenvalue weighted by Crippen LogP contribution is 2.45. The Bertz CT molecular complexity index is 988. The molecule has 0 aliphatic carbocycles. The van der Waals surface area contributed by atoms with Gasteiger partial charge in [-0.2, -0.15) is 0 Å². The van der Waals surface area contributed by atoms with Crippen LogP contribution in [0.25, 0.3) is 6.08 Å². The molecule has 2 aromatic rings. The number of benzene rings is 2. The molecule has 5 atom stereocenters. The number of phenols is 4. The number of aliphatic hydroxyl groups excluding tert-OH is 3. The topological polar surface area (TPSA) is 169 Å². The van der Waals surface area contributed by atoms with Crippen molar-refractivity contribution in [1.82, 2.24) is 0 Å². The average Bonchev–Trinajstić information content (AvgIpc) is 2.70. The predicted molar refractivity (Wildman–Crippen MR) is 99.7 cm³/mol. The van der Waals surface area contributed by atoms with Crippen molar-refractivity contribution in [1.29, 1.82) is 0 Å². The molecule has 0 amide bonds. The molecule has 2 aliphatic rings. The summed E-state index contributed by atoms with van der Waals surface area (Å²) in [5.41, 5.74) is 0.531. The molecule has 2 aromatic carbocycles. The molecule has 10 nitrogen and oxygen atoms in total. The zero-order valence-electron chi connectivity index (χ0n) is 15.4. The van der Waals surface area contributed by atoms with Gasteiger partial charge in [0.05, 0.1) is 12.2 Å². The normalized spacial score (nSPS) is 28.2. The van der Waals surface area contributed by atoms with Crippen LogP contribution in [0.1, 0.15) is 17.2 Å². The second-order valence-electron chi connectivity index (χ2n) is 7.04. The van der Waals surface area contributed by atoms with Crippen molar-refractivity contribution >= 4 is 6.08 Å². The summed E-state index contributed by atoms with van der Waals surface area (Å²) in [6, 6.07) is 6.33. The number of phenolic OH excluding ortho intramolecular Hbond substituents is 4. The lowest BCUT2D eigenvalue weighted by Gasteiger charge is -2.37. The van der Waals surface area contributed by atoms with Gasteiger partial charge in [-0.1, -0.05) is 6.07 Å². The van der Waals surface area contributed by atoms with Crippen molar-refractivity contribution in [2.24, 2.45) is 0 Å². The van der Waals surface area contributed by atoms with Crippen LogP contribution in [0.2, 0.25) is 0 Å². The van der Waals surface area contributed by atoms with Gasteiger partial charge in [0.2, 0.25) is 6.29 Å². The Morgan fingerprint density at radius 3 is 2.37 bits per heavy atom. The first-order valence-electron chi connectivity index (χ1n) is 9.03. The fourth-order valence-electron chi connectivity index (χ4n) is 3.29. The smallest absolute Gasteiger partial charge is 0.228 e.